The van der Waals surface area contributed by atoms with E-state index < -0.39 is 7.60 Å². The molecule has 9 heavy (non-hydrogen) atoms. The Morgan fingerprint density at radius 1 is 1.44 bits per heavy atom. The molecule has 5 heteroatoms. The number of carbonyl (C=O) groups excluding carboxylic acids is 1. The minimum absolute atomic E-state index is 0.369. The summed E-state index contributed by atoms with van der Waals surface area (Å²) in [6.07, 6.45) is 2.29. The SMILES string of the molecule is O=CC=CCP(=O)(O)O. The molecule has 0 saturated heterocycles. The first-order valence-electron chi connectivity index (χ1n) is 2.21. The van der Waals surface area contributed by atoms with E-state index in [1.807, 2.05) is 0 Å². The maximum absolute atomic E-state index is 10.0. The van der Waals surface area contributed by atoms with Crippen LogP contribution in [0.4, 0.5) is 0 Å². The Hall–Kier alpha value is -0.440. The molecule has 0 aromatic rings. The van der Waals surface area contributed by atoms with Crippen molar-refractivity contribution in [2.24, 2.45) is 0 Å². The number of aldehydes is 1. The molecule has 0 aliphatic heterocycles. The van der Waals surface area contributed by atoms with Gasteiger partial charge in [0.2, 0.25) is 0 Å². The van der Waals surface area contributed by atoms with Crippen molar-refractivity contribution in [2.45, 2.75) is 0 Å². The molecule has 0 aromatic carbocycles. The summed E-state index contributed by atoms with van der Waals surface area (Å²) in [4.78, 5) is 25.9. The minimum atomic E-state index is -3.94. The lowest BCUT2D eigenvalue weighted by atomic mass is 10.6. The zero-order valence-electron chi connectivity index (χ0n) is 4.60. The zero-order chi connectivity index (χ0) is 7.33. The molecule has 0 bridgehead atoms. The standard InChI is InChI=1S/C4H7O4P/c5-3-1-2-4-9(6,7)8/h1-3H,4H2,(H2,6,7,8). The van der Waals surface area contributed by atoms with E-state index in [1.165, 1.54) is 0 Å². The van der Waals surface area contributed by atoms with E-state index in [4.69, 9.17) is 9.79 Å². The van der Waals surface area contributed by atoms with Crippen molar-refractivity contribution in [3.63, 3.8) is 0 Å². The molecule has 0 radical (unpaired) electrons. The van der Waals surface area contributed by atoms with E-state index in [2.05, 4.69) is 0 Å². The van der Waals surface area contributed by atoms with Crippen molar-refractivity contribution in [3.05, 3.63) is 12.2 Å². The number of hydrogen-bond acceptors (Lipinski definition) is 2. The Morgan fingerprint density at radius 2 is 2.00 bits per heavy atom. The first-order valence-corrected chi connectivity index (χ1v) is 4.01. The maximum Gasteiger partial charge on any atom is 0.329 e. The molecule has 2 N–H and O–H groups in total. The highest BCUT2D eigenvalue weighted by molar-refractivity contribution is 7.51. The van der Waals surface area contributed by atoms with Gasteiger partial charge in [-0.2, -0.15) is 0 Å². The quantitative estimate of drug-likeness (QED) is 0.335. The number of carbonyl (C=O) groups is 1. The van der Waals surface area contributed by atoms with Crippen LogP contribution in [0, 0.1) is 0 Å². The molecule has 4 nitrogen and oxygen atoms in total. The average Bonchev–Trinajstić information content (AvgIpc) is 1.63. The van der Waals surface area contributed by atoms with Gasteiger partial charge in [-0.15, -0.1) is 0 Å². The molecular weight excluding hydrogens is 143 g/mol. The molecule has 0 spiro atoms. The van der Waals surface area contributed by atoms with Crippen molar-refractivity contribution in [1.82, 2.24) is 0 Å². The average molecular weight is 150 g/mol. The van der Waals surface area contributed by atoms with Gasteiger partial charge in [0.05, 0.1) is 6.16 Å². The van der Waals surface area contributed by atoms with Gasteiger partial charge in [-0.05, 0) is 6.08 Å². The van der Waals surface area contributed by atoms with Crippen LogP contribution in [0.15, 0.2) is 12.2 Å². The van der Waals surface area contributed by atoms with Gasteiger partial charge in [0, 0.05) is 0 Å². The Bertz CT molecular complexity index is 156. The van der Waals surface area contributed by atoms with Crippen LogP contribution >= 0.6 is 7.60 Å². The Kier molecular flexibility index (Phi) is 3.39. The molecule has 52 valence electrons. The summed E-state index contributed by atoms with van der Waals surface area (Å²) in [6.45, 7) is 0. The van der Waals surface area contributed by atoms with Crippen LogP contribution in [0.25, 0.3) is 0 Å². The summed E-state index contributed by atoms with van der Waals surface area (Å²) in [6, 6.07) is 0. The Labute approximate surface area is 52.4 Å². The minimum Gasteiger partial charge on any atom is -0.324 e. The van der Waals surface area contributed by atoms with Crippen LogP contribution in [0.2, 0.25) is 0 Å². The maximum atomic E-state index is 10.0. The van der Waals surface area contributed by atoms with Gasteiger partial charge < -0.3 is 9.79 Å². The second-order valence-electron chi connectivity index (χ2n) is 1.41. The molecule has 0 fully saturated rings. The molecule has 0 heterocycles. The largest absolute Gasteiger partial charge is 0.329 e. The van der Waals surface area contributed by atoms with Crippen molar-refractivity contribution < 1.29 is 19.1 Å². The zero-order valence-corrected chi connectivity index (χ0v) is 5.49. The summed E-state index contributed by atoms with van der Waals surface area (Å²) in [5, 5.41) is 0. The summed E-state index contributed by atoms with van der Waals surface area (Å²) in [5.41, 5.74) is 0. The van der Waals surface area contributed by atoms with E-state index in [0.29, 0.717) is 6.29 Å². The second kappa shape index (κ2) is 3.56. The van der Waals surface area contributed by atoms with Crippen LogP contribution in [0.1, 0.15) is 0 Å². The molecule has 0 aliphatic rings. The topological polar surface area (TPSA) is 74.6 Å². The van der Waals surface area contributed by atoms with Gasteiger partial charge in [0.15, 0.2) is 0 Å². The van der Waals surface area contributed by atoms with Crippen LogP contribution in [0.5, 0.6) is 0 Å². The highest BCUT2D eigenvalue weighted by Crippen LogP contribution is 2.33. The lowest BCUT2D eigenvalue weighted by Gasteiger charge is -1.94. The third kappa shape index (κ3) is 7.56. The van der Waals surface area contributed by atoms with Crippen molar-refractivity contribution >= 4 is 13.9 Å². The van der Waals surface area contributed by atoms with Crippen LogP contribution < -0.4 is 0 Å². The van der Waals surface area contributed by atoms with E-state index in [1.54, 1.807) is 0 Å². The molecular formula is C4H7O4P. The molecule has 0 amide bonds. The highest BCUT2D eigenvalue weighted by Gasteiger charge is 2.07. The van der Waals surface area contributed by atoms with Crippen molar-refractivity contribution in [2.75, 3.05) is 6.16 Å². The Balaban J connectivity index is 3.63. The van der Waals surface area contributed by atoms with Crippen LogP contribution in [-0.2, 0) is 9.36 Å². The molecule has 0 aromatic heterocycles. The first-order chi connectivity index (χ1) is 4.06. The van der Waals surface area contributed by atoms with E-state index in [9.17, 15) is 9.36 Å². The summed E-state index contributed by atoms with van der Waals surface area (Å²) in [7, 11) is -3.94. The third-order valence-electron chi connectivity index (χ3n) is 0.558. The van der Waals surface area contributed by atoms with E-state index in [-0.39, 0.29) is 6.16 Å². The molecule has 0 aliphatic carbocycles. The van der Waals surface area contributed by atoms with Gasteiger partial charge in [-0.1, -0.05) is 6.08 Å². The van der Waals surface area contributed by atoms with Gasteiger partial charge >= 0.3 is 7.60 Å². The van der Waals surface area contributed by atoms with Crippen molar-refractivity contribution in [3.8, 4) is 0 Å². The predicted octanol–water partition coefficient (Wildman–Crippen LogP) is -0.0808. The Morgan fingerprint density at radius 3 is 2.33 bits per heavy atom. The monoisotopic (exact) mass is 150 g/mol. The fourth-order valence-corrected chi connectivity index (χ4v) is 0.650. The molecule has 0 unspecified atom stereocenters. The van der Waals surface area contributed by atoms with Crippen molar-refractivity contribution in [1.29, 1.82) is 0 Å². The molecule has 0 atom stereocenters. The fraction of sp³-hybridized carbons (Fsp3) is 0.250. The highest BCUT2D eigenvalue weighted by atomic mass is 31.2. The van der Waals surface area contributed by atoms with Crippen LogP contribution in [0.3, 0.4) is 0 Å². The van der Waals surface area contributed by atoms with Gasteiger partial charge in [-0.3, -0.25) is 9.36 Å². The first kappa shape index (κ1) is 8.56. The van der Waals surface area contributed by atoms with Gasteiger partial charge in [0.25, 0.3) is 0 Å². The molecule has 0 rings (SSSR count). The van der Waals surface area contributed by atoms with Gasteiger partial charge in [-0.25, -0.2) is 0 Å². The lowest BCUT2D eigenvalue weighted by molar-refractivity contribution is -0.104. The summed E-state index contributed by atoms with van der Waals surface area (Å²) in [5.74, 6) is 0. The van der Waals surface area contributed by atoms with Gasteiger partial charge in [0.1, 0.15) is 6.29 Å². The number of hydrogen-bond donors (Lipinski definition) is 2. The van der Waals surface area contributed by atoms with E-state index >= 15 is 0 Å². The number of rotatable bonds is 3. The summed E-state index contributed by atoms with van der Waals surface area (Å²) >= 11 is 0. The smallest absolute Gasteiger partial charge is 0.324 e. The second-order valence-corrected chi connectivity index (χ2v) is 3.11. The molecule has 0 saturated carbocycles. The van der Waals surface area contributed by atoms with E-state index in [0.717, 1.165) is 12.2 Å². The normalized spacial score (nSPS) is 12.2. The third-order valence-corrected chi connectivity index (χ3v) is 1.24. The van der Waals surface area contributed by atoms with Crippen LogP contribution in [-0.4, -0.2) is 22.2 Å². The predicted molar refractivity (Wildman–Crippen MR) is 32.1 cm³/mol. The number of allylic oxidation sites excluding steroid dienone is 2. The lowest BCUT2D eigenvalue weighted by Crippen LogP contribution is -1.81. The summed E-state index contributed by atoms with van der Waals surface area (Å²) < 4.78 is 10.0. The fourth-order valence-electron chi connectivity index (χ4n) is 0.254.